The lowest BCUT2D eigenvalue weighted by atomic mass is 9.52. The van der Waals surface area contributed by atoms with Crippen LogP contribution in [-0.2, 0) is 23.8 Å². The molecule has 0 unspecified atom stereocenters. The average Bonchev–Trinajstić information content (AvgIpc) is 3.96. The molecule has 22 atom stereocenters. The largest absolute Gasteiger partial charge is 0.463 e. The lowest BCUT2D eigenvalue weighted by Crippen LogP contribution is -2.50. The minimum Gasteiger partial charge on any atom is -0.463 e. The van der Waals surface area contributed by atoms with Gasteiger partial charge in [0.05, 0.1) is 23.4 Å². The Morgan fingerprint density at radius 2 is 1.10 bits per heavy atom. The number of piperidine rings is 2. The van der Waals surface area contributed by atoms with Crippen molar-refractivity contribution in [2.75, 3.05) is 13.1 Å². The molecule has 8 aliphatic carbocycles. The molecule has 0 bridgehead atoms. The maximum atomic E-state index is 11.7. The molecular weight excluding hydrogens is 843 g/mol. The molecule has 68 heavy (non-hydrogen) atoms. The Balaban J connectivity index is 0.000000149. The quantitative estimate of drug-likeness (QED) is 0.187. The summed E-state index contributed by atoms with van der Waals surface area (Å²) in [6.45, 7) is 25.4. The fourth-order valence-electron chi connectivity index (χ4n) is 20.4. The van der Waals surface area contributed by atoms with Crippen molar-refractivity contribution in [1.29, 1.82) is 0 Å². The number of carbonyl (C=O) groups is 2. The van der Waals surface area contributed by atoms with Crippen LogP contribution in [0.25, 0.3) is 0 Å². The molecule has 1 amide bonds. The number of carbonyl (C=O) groups excluding carboxylic acids is 2. The lowest BCUT2D eigenvalue weighted by molar-refractivity contribution is -0.154. The van der Waals surface area contributed by atoms with E-state index >= 15 is 0 Å². The van der Waals surface area contributed by atoms with E-state index in [0.29, 0.717) is 53.0 Å². The predicted octanol–water partition coefficient (Wildman–Crippen LogP) is 11.7. The minimum absolute atomic E-state index is 0.0481. The smallest absolute Gasteiger partial charge is 0.302 e. The van der Waals surface area contributed by atoms with Crippen LogP contribution in [0.3, 0.4) is 0 Å². The highest BCUT2D eigenvalue weighted by Crippen LogP contribution is 2.67. The van der Waals surface area contributed by atoms with E-state index in [-0.39, 0.29) is 29.2 Å². The molecule has 4 heterocycles. The summed E-state index contributed by atoms with van der Waals surface area (Å²) in [5.41, 5.74) is 8.00. The number of fused-ring (bicyclic) bond motifs is 12. The Labute approximate surface area is 412 Å². The zero-order valence-corrected chi connectivity index (χ0v) is 44.5. The Morgan fingerprint density at radius 1 is 0.618 bits per heavy atom. The van der Waals surface area contributed by atoms with Gasteiger partial charge in [0.15, 0.2) is 0 Å². The van der Waals surface area contributed by atoms with Crippen molar-refractivity contribution in [3.63, 3.8) is 0 Å². The van der Waals surface area contributed by atoms with Gasteiger partial charge in [0.1, 0.15) is 6.10 Å². The van der Waals surface area contributed by atoms with Crippen LogP contribution in [0.1, 0.15) is 198 Å². The van der Waals surface area contributed by atoms with E-state index in [4.69, 9.17) is 14.2 Å². The van der Waals surface area contributed by atoms with Crippen molar-refractivity contribution in [3.8, 4) is 0 Å². The number of hydrogen-bond donors (Lipinski definition) is 3. The number of rotatable bonds is 2. The predicted molar refractivity (Wildman–Crippen MR) is 270 cm³/mol. The van der Waals surface area contributed by atoms with Crippen LogP contribution < -0.4 is 16.0 Å². The molecule has 0 aromatic carbocycles. The molecular formula is C60H95N3O5. The zero-order chi connectivity index (χ0) is 47.7. The van der Waals surface area contributed by atoms with E-state index < -0.39 is 0 Å². The average molecular weight is 938 g/mol. The van der Waals surface area contributed by atoms with Gasteiger partial charge in [-0.1, -0.05) is 63.8 Å². The van der Waals surface area contributed by atoms with E-state index in [2.05, 4.69) is 71.3 Å². The monoisotopic (exact) mass is 938 g/mol. The Kier molecular flexibility index (Phi) is 12.9. The third-order valence-corrected chi connectivity index (χ3v) is 24.0. The number of allylic oxidation sites excluding steroid dienone is 2. The van der Waals surface area contributed by atoms with Crippen LogP contribution in [-0.4, -0.2) is 72.6 Å². The zero-order valence-electron chi connectivity index (χ0n) is 44.5. The summed E-state index contributed by atoms with van der Waals surface area (Å²) in [5.74, 6) is 9.15. The van der Waals surface area contributed by atoms with Crippen molar-refractivity contribution >= 4 is 11.9 Å². The van der Waals surface area contributed by atoms with E-state index in [9.17, 15) is 9.59 Å². The third-order valence-electron chi connectivity index (χ3n) is 24.0. The van der Waals surface area contributed by atoms with Crippen molar-refractivity contribution in [1.82, 2.24) is 16.0 Å². The number of hydrogen-bond acceptors (Lipinski definition) is 7. The van der Waals surface area contributed by atoms with Gasteiger partial charge in [-0.2, -0.15) is 0 Å². The third kappa shape index (κ3) is 8.09. The first-order chi connectivity index (χ1) is 32.4. The first kappa shape index (κ1) is 48.5. The van der Waals surface area contributed by atoms with Crippen molar-refractivity contribution in [2.45, 2.75) is 245 Å². The maximum absolute atomic E-state index is 11.7. The molecule has 12 rings (SSSR count). The maximum Gasteiger partial charge on any atom is 0.302 e. The molecule has 0 radical (unpaired) electrons. The molecule has 380 valence electrons. The molecule has 10 fully saturated rings. The molecule has 6 saturated carbocycles. The van der Waals surface area contributed by atoms with Gasteiger partial charge in [0.25, 0.3) is 0 Å². The SMILES string of the molecule is CC(=O)N[C@H]1CC[C@@]2(C)[C@H](CC[C@H]3[C@@H]4CC[C@@]5(CC(C)=C4C[C@@H]32)O[C@@H]2C[C@H](C)CN[C@H]2[C@H]5C)C1.CC(=O)O[C@@H]1CC[C@@]2(C)[C@H](CC[C@H]3[C@@H]4CC[C@@]5(CC(C)=C4C[C@@H]32)O[C@@H]2C[C@H](C)CN[C@H]2[C@H]5C)C1. The number of ether oxygens (including phenoxy) is 3. The van der Waals surface area contributed by atoms with Gasteiger partial charge < -0.3 is 30.2 Å². The summed E-state index contributed by atoms with van der Waals surface area (Å²) in [4.78, 5) is 23.2. The van der Waals surface area contributed by atoms with Crippen LogP contribution >= 0.6 is 0 Å². The van der Waals surface area contributed by atoms with Gasteiger partial charge >= 0.3 is 5.97 Å². The molecule has 2 spiro atoms. The van der Waals surface area contributed by atoms with Crippen LogP contribution in [0.15, 0.2) is 22.3 Å². The van der Waals surface area contributed by atoms with Gasteiger partial charge in [-0.05, 0) is 225 Å². The first-order valence-corrected chi connectivity index (χ1v) is 29.0. The number of nitrogens with one attached hydrogen (secondary N) is 3. The Bertz CT molecular complexity index is 1880. The van der Waals surface area contributed by atoms with E-state index in [0.717, 1.165) is 98.0 Å². The first-order valence-electron chi connectivity index (χ1n) is 29.0. The standard InChI is InChI=1S/C30H48N2O2.C30H47NO3/c1-17-12-27-28(31-16-17)19(3)30(34-27)11-9-23-24-7-6-21-13-22(32-20(4)33)8-10-29(21,5)26(24)14-25(23)18(2)15-30;1-17-12-27-28(31-16-17)19(3)30(34-27)11-9-23-24-7-6-21-13-22(33-20(4)32)8-10-29(21,5)26(24)14-25(23)18(2)15-30/h17,19,21-24,26-28,31H,6-16H2,1-5H3,(H,32,33);17,19,21-24,26-28,31H,6-16H2,1-5H3/t17-,19+,21+,22-,23-,24-,26-,27+,28-,29-,30-;17-,19+,21+,22+,23-,24-,26-,27+,28-,29-,30-/m00/s1. The second kappa shape index (κ2) is 18.0. The van der Waals surface area contributed by atoms with Crippen LogP contribution in [0.5, 0.6) is 0 Å². The van der Waals surface area contributed by atoms with Crippen LogP contribution in [0, 0.1) is 81.8 Å². The van der Waals surface area contributed by atoms with E-state index in [1.165, 1.54) is 103 Å². The minimum atomic E-state index is -0.104. The highest BCUT2D eigenvalue weighted by molar-refractivity contribution is 5.73. The summed E-state index contributed by atoms with van der Waals surface area (Å²) in [6, 6.07) is 1.50. The van der Waals surface area contributed by atoms with Crippen LogP contribution in [0.2, 0.25) is 0 Å². The number of amides is 1. The molecule has 3 N–H and O–H groups in total. The summed E-state index contributed by atoms with van der Waals surface area (Å²) >= 11 is 0. The molecule has 8 heteroatoms. The molecule has 0 aromatic heterocycles. The van der Waals surface area contributed by atoms with E-state index in [1.807, 2.05) is 11.1 Å². The lowest BCUT2D eigenvalue weighted by Gasteiger charge is -2.54. The molecule has 4 aliphatic heterocycles. The van der Waals surface area contributed by atoms with Crippen molar-refractivity contribution in [3.05, 3.63) is 22.3 Å². The van der Waals surface area contributed by atoms with Gasteiger partial charge in [0, 0.05) is 43.8 Å². The molecule has 4 saturated heterocycles. The fourth-order valence-corrected chi connectivity index (χ4v) is 20.4. The topological polar surface area (TPSA) is 97.9 Å². The highest BCUT2D eigenvalue weighted by atomic mass is 16.5. The van der Waals surface area contributed by atoms with Crippen molar-refractivity contribution in [2.24, 2.45) is 81.8 Å². The van der Waals surface area contributed by atoms with E-state index in [1.54, 1.807) is 25.0 Å². The summed E-state index contributed by atoms with van der Waals surface area (Å²) in [5, 5.41) is 11.0. The summed E-state index contributed by atoms with van der Waals surface area (Å²) in [7, 11) is 0. The van der Waals surface area contributed by atoms with Gasteiger partial charge in [-0.25, -0.2) is 0 Å². The van der Waals surface area contributed by atoms with Gasteiger partial charge in [0.2, 0.25) is 5.91 Å². The Hall–Kier alpha value is -1.74. The molecule has 12 aliphatic rings. The van der Waals surface area contributed by atoms with Gasteiger partial charge in [-0.15, -0.1) is 0 Å². The van der Waals surface area contributed by atoms with Crippen molar-refractivity contribution < 1.29 is 23.8 Å². The molecule has 8 nitrogen and oxygen atoms in total. The number of esters is 1. The Morgan fingerprint density at radius 3 is 1.59 bits per heavy atom. The second-order valence-electron chi connectivity index (χ2n) is 27.5. The second-order valence-corrected chi connectivity index (χ2v) is 27.5. The fraction of sp³-hybridized carbons (Fsp3) is 0.900. The normalized spacial score (nSPS) is 52.4. The summed E-state index contributed by atoms with van der Waals surface area (Å²) in [6.07, 6.45) is 26.0. The van der Waals surface area contributed by atoms with Crippen LogP contribution in [0.4, 0.5) is 0 Å². The highest BCUT2D eigenvalue weighted by Gasteiger charge is 2.62. The summed E-state index contributed by atoms with van der Waals surface area (Å²) < 4.78 is 19.8. The molecule has 0 aromatic rings. The van der Waals surface area contributed by atoms with Gasteiger partial charge in [-0.3, -0.25) is 9.59 Å².